The molecule has 1 aliphatic heterocycles. The van der Waals surface area contributed by atoms with E-state index >= 15 is 0 Å². The zero-order valence-electron chi connectivity index (χ0n) is 7.25. The maximum atomic E-state index is 5.53. The fourth-order valence-electron chi connectivity index (χ4n) is 1.50. The average Bonchev–Trinajstić information content (AvgIpc) is 2.63. The lowest BCUT2D eigenvalue weighted by Crippen LogP contribution is -2.08. The molecule has 66 valence electrons. The van der Waals surface area contributed by atoms with E-state index in [1.54, 1.807) is 11.3 Å². The molecule has 0 aliphatic carbocycles. The SMILES string of the molecule is Cc1cnc(CC2CCCO2)s1. The lowest BCUT2D eigenvalue weighted by molar-refractivity contribution is 0.111. The Morgan fingerprint density at radius 2 is 2.67 bits per heavy atom. The van der Waals surface area contributed by atoms with Gasteiger partial charge in [-0.25, -0.2) is 4.98 Å². The fourth-order valence-corrected chi connectivity index (χ4v) is 2.35. The summed E-state index contributed by atoms with van der Waals surface area (Å²) in [4.78, 5) is 5.61. The van der Waals surface area contributed by atoms with Gasteiger partial charge in [-0.2, -0.15) is 0 Å². The molecular weight excluding hydrogens is 170 g/mol. The zero-order chi connectivity index (χ0) is 8.39. The molecule has 3 heteroatoms. The van der Waals surface area contributed by atoms with Gasteiger partial charge in [-0.1, -0.05) is 0 Å². The van der Waals surface area contributed by atoms with Crippen molar-refractivity contribution in [1.82, 2.24) is 4.98 Å². The first-order valence-electron chi connectivity index (χ1n) is 4.37. The van der Waals surface area contributed by atoms with Gasteiger partial charge in [-0.15, -0.1) is 11.3 Å². The van der Waals surface area contributed by atoms with Crippen molar-refractivity contribution in [3.63, 3.8) is 0 Å². The number of aryl methyl sites for hydroxylation is 1. The number of ether oxygens (including phenoxy) is 1. The molecule has 1 aromatic rings. The molecule has 0 bridgehead atoms. The van der Waals surface area contributed by atoms with Gasteiger partial charge in [0.1, 0.15) is 0 Å². The van der Waals surface area contributed by atoms with Gasteiger partial charge < -0.3 is 4.74 Å². The number of nitrogens with zero attached hydrogens (tertiary/aromatic N) is 1. The van der Waals surface area contributed by atoms with Gasteiger partial charge in [-0.05, 0) is 19.8 Å². The predicted molar refractivity (Wildman–Crippen MR) is 49.5 cm³/mol. The van der Waals surface area contributed by atoms with Gasteiger partial charge in [0.2, 0.25) is 0 Å². The molecule has 0 saturated carbocycles. The second kappa shape index (κ2) is 3.54. The molecule has 0 amide bonds. The van der Waals surface area contributed by atoms with E-state index in [1.165, 1.54) is 22.7 Å². The molecule has 1 saturated heterocycles. The lowest BCUT2D eigenvalue weighted by Gasteiger charge is -2.04. The van der Waals surface area contributed by atoms with Gasteiger partial charge in [0.25, 0.3) is 0 Å². The van der Waals surface area contributed by atoms with E-state index in [2.05, 4.69) is 11.9 Å². The molecule has 2 heterocycles. The molecule has 12 heavy (non-hydrogen) atoms. The van der Waals surface area contributed by atoms with Crippen LogP contribution in [0.3, 0.4) is 0 Å². The molecule has 2 rings (SSSR count). The standard InChI is InChI=1S/C9H13NOS/c1-7-6-10-9(12-7)5-8-3-2-4-11-8/h6,8H,2-5H2,1H3. The molecule has 1 atom stereocenters. The minimum Gasteiger partial charge on any atom is -0.378 e. The topological polar surface area (TPSA) is 22.1 Å². The predicted octanol–water partition coefficient (Wildman–Crippen LogP) is 2.17. The summed E-state index contributed by atoms with van der Waals surface area (Å²) in [6.45, 7) is 3.03. The van der Waals surface area contributed by atoms with Crippen LogP contribution in [0.4, 0.5) is 0 Å². The van der Waals surface area contributed by atoms with Gasteiger partial charge in [0.05, 0.1) is 11.1 Å². The summed E-state index contributed by atoms with van der Waals surface area (Å²) in [5.74, 6) is 0. The minimum absolute atomic E-state index is 0.440. The first kappa shape index (κ1) is 8.20. The van der Waals surface area contributed by atoms with Crippen LogP contribution in [0.15, 0.2) is 6.20 Å². The molecule has 1 unspecified atom stereocenters. The van der Waals surface area contributed by atoms with Gasteiger partial charge in [0, 0.05) is 24.1 Å². The van der Waals surface area contributed by atoms with Crippen molar-refractivity contribution in [3.8, 4) is 0 Å². The van der Waals surface area contributed by atoms with Crippen molar-refractivity contribution in [2.24, 2.45) is 0 Å². The monoisotopic (exact) mass is 183 g/mol. The summed E-state index contributed by atoms with van der Waals surface area (Å²) >= 11 is 1.78. The van der Waals surface area contributed by atoms with Crippen molar-refractivity contribution in [1.29, 1.82) is 0 Å². The molecule has 0 spiro atoms. The van der Waals surface area contributed by atoms with Crippen LogP contribution in [0.25, 0.3) is 0 Å². The zero-order valence-corrected chi connectivity index (χ0v) is 8.06. The van der Waals surface area contributed by atoms with Crippen molar-refractivity contribution in [2.75, 3.05) is 6.61 Å². The lowest BCUT2D eigenvalue weighted by atomic mass is 10.2. The Balaban J connectivity index is 1.94. The molecule has 1 aromatic heterocycles. The summed E-state index contributed by atoms with van der Waals surface area (Å²) in [6, 6.07) is 0. The van der Waals surface area contributed by atoms with Crippen LogP contribution >= 0.6 is 11.3 Å². The number of rotatable bonds is 2. The van der Waals surface area contributed by atoms with E-state index in [4.69, 9.17) is 4.74 Å². The van der Waals surface area contributed by atoms with Crippen molar-refractivity contribution >= 4 is 11.3 Å². The van der Waals surface area contributed by atoms with E-state index in [9.17, 15) is 0 Å². The quantitative estimate of drug-likeness (QED) is 0.701. The molecule has 0 aromatic carbocycles. The van der Waals surface area contributed by atoms with Crippen molar-refractivity contribution in [3.05, 3.63) is 16.1 Å². The van der Waals surface area contributed by atoms with Crippen LogP contribution in [0.1, 0.15) is 22.7 Å². The molecule has 1 aliphatic rings. The van der Waals surface area contributed by atoms with Gasteiger partial charge in [-0.3, -0.25) is 0 Å². The second-order valence-corrected chi connectivity index (χ2v) is 4.52. The Labute approximate surface area is 76.6 Å². The van der Waals surface area contributed by atoms with E-state index in [0.29, 0.717) is 6.10 Å². The normalized spacial score (nSPS) is 23.2. The first-order valence-corrected chi connectivity index (χ1v) is 5.19. The number of aromatic nitrogens is 1. The van der Waals surface area contributed by atoms with Crippen LogP contribution in [0, 0.1) is 6.92 Å². The third-order valence-electron chi connectivity index (χ3n) is 2.10. The highest BCUT2D eigenvalue weighted by molar-refractivity contribution is 7.11. The Bertz CT molecular complexity index is 253. The molecule has 0 radical (unpaired) electrons. The van der Waals surface area contributed by atoms with E-state index < -0.39 is 0 Å². The number of hydrogen-bond donors (Lipinski definition) is 0. The smallest absolute Gasteiger partial charge is 0.0953 e. The maximum absolute atomic E-state index is 5.53. The van der Waals surface area contributed by atoms with Crippen molar-refractivity contribution in [2.45, 2.75) is 32.3 Å². The highest BCUT2D eigenvalue weighted by Crippen LogP contribution is 2.19. The molecule has 2 nitrogen and oxygen atoms in total. The number of thiazole rings is 1. The van der Waals surface area contributed by atoms with Gasteiger partial charge in [0.15, 0.2) is 0 Å². The van der Waals surface area contributed by atoms with Crippen LogP contribution in [0.2, 0.25) is 0 Å². The highest BCUT2D eigenvalue weighted by atomic mass is 32.1. The van der Waals surface area contributed by atoms with Crippen LogP contribution in [0.5, 0.6) is 0 Å². The Hall–Kier alpha value is -0.410. The Kier molecular flexibility index (Phi) is 2.42. The molecular formula is C9H13NOS. The highest BCUT2D eigenvalue weighted by Gasteiger charge is 2.16. The van der Waals surface area contributed by atoms with Crippen LogP contribution in [-0.2, 0) is 11.2 Å². The first-order chi connectivity index (χ1) is 5.84. The average molecular weight is 183 g/mol. The van der Waals surface area contributed by atoms with Crippen LogP contribution < -0.4 is 0 Å². The fraction of sp³-hybridized carbons (Fsp3) is 0.667. The second-order valence-electron chi connectivity index (χ2n) is 3.20. The van der Waals surface area contributed by atoms with Crippen molar-refractivity contribution < 1.29 is 4.74 Å². The Morgan fingerprint density at radius 1 is 1.75 bits per heavy atom. The summed E-state index contributed by atoms with van der Waals surface area (Å²) in [6.07, 6.45) is 5.82. The van der Waals surface area contributed by atoms with E-state index in [0.717, 1.165) is 13.0 Å². The summed E-state index contributed by atoms with van der Waals surface area (Å²) in [5.41, 5.74) is 0. The summed E-state index contributed by atoms with van der Waals surface area (Å²) in [5, 5.41) is 1.22. The van der Waals surface area contributed by atoms with E-state index in [-0.39, 0.29) is 0 Å². The molecule has 1 fully saturated rings. The third-order valence-corrected chi connectivity index (χ3v) is 3.03. The molecule has 0 N–H and O–H groups in total. The van der Waals surface area contributed by atoms with Gasteiger partial charge >= 0.3 is 0 Å². The largest absolute Gasteiger partial charge is 0.378 e. The Morgan fingerprint density at radius 3 is 3.25 bits per heavy atom. The number of hydrogen-bond acceptors (Lipinski definition) is 3. The minimum atomic E-state index is 0.440. The summed E-state index contributed by atoms with van der Waals surface area (Å²) in [7, 11) is 0. The van der Waals surface area contributed by atoms with E-state index in [1.807, 2.05) is 6.20 Å². The summed E-state index contributed by atoms with van der Waals surface area (Å²) < 4.78 is 5.53. The third kappa shape index (κ3) is 1.84. The maximum Gasteiger partial charge on any atom is 0.0953 e. The van der Waals surface area contributed by atoms with Crippen LogP contribution in [-0.4, -0.2) is 17.7 Å².